The summed E-state index contributed by atoms with van der Waals surface area (Å²) in [6.07, 6.45) is 2.29. The van der Waals surface area contributed by atoms with Crippen molar-refractivity contribution in [2.45, 2.75) is 37.2 Å². The molecule has 1 aromatic carbocycles. The SMILES string of the molecule is Cc1[nH]nc(CNC2CC2)c1S(=O)(=O)Nc1ccccc1. The van der Waals surface area contributed by atoms with Gasteiger partial charge in [0.05, 0.1) is 11.4 Å². The van der Waals surface area contributed by atoms with Crippen LogP contribution in [-0.4, -0.2) is 24.7 Å². The Balaban J connectivity index is 1.85. The van der Waals surface area contributed by atoms with Gasteiger partial charge in [-0.1, -0.05) is 18.2 Å². The van der Waals surface area contributed by atoms with E-state index < -0.39 is 10.0 Å². The molecule has 1 heterocycles. The van der Waals surface area contributed by atoms with Crippen LogP contribution in [0.25, 0.3) is 0 Å². The molecule has 21 heavy (non-hydrogen) atoms. The second-order valence-electron chi connectivity index (χ2n) is 5.25. The molecule has 0 spiro atoms. The number of sulfonamides is 1. The van der Waals surface area contributed by atoms with E-state index >= 15 is 0 Å². The number of hydrogen-bond donors (Lipinski definition) is 3. The van der Waals surface area contributed by atoms with Gasteiger partial charge in [0.1, 0.15) is 4.90 Å². The average Bonchev–Trinajstić information content (AvgIpc) is 3.19. The van der Waals surface area contributed by atoms with Gasteiger partial charge in [0.2, 0.25) is 0 Å². The van der Waals surface area contributed by atoms with Crippen LogP contribution >= 0.6 is 0 Å². The van der Waals surface area contributed by atoms with Gasteiger partial charge in [-0.05, 0) is 31.9 Å². The van der Waals surface area contributed by atoms with Crippen LogP contribution in [0, 0.1) is 6.92 Å². The van der Waals surface area contributed by atoms with Crippen LogP contribution in [0.5, 0.6) is 0 Å². The van der Waals surface area contributed by atoms with E-state index in [0.29, 0.717) is 29.7 Å². The summed E-state index contributed by atoms with van der Waals surface area (Å²) in [5, 5.41) is 10.2. The molecule has 1 aliphatic carbocycles. The van der Waals surface area contributed by atoms with E-state index in [2.05, 4.69) is 20.2 Å². The van der Waals surface area contributed by atoms with E-state index in [-0.39, 0.29) is 4.90 Å². The van der Waals surface area contributed by atoms with Crippen molar-refractivity contribution in [3.63, 3.8) is 0 Å². The first-order chi connectivity index (χ1) is 10.1. The third kappa shape index (κ3) is 3.25. The Bertz CT molecular complexity index is 721. The van der Waals surface area contributed by atoms with Crippen molar-refractivity contribution in [1.82, 2.24) is 15.5 Å². The summed E-state index contributed by atoms with van der Waals surface area (Å²) in [7, 11) is -3.64. The molecule has 0 radical (unpaired) electrons. The van der Waals surface area contributed by atoms with Gasteiger partial charge in [-0.3, -0.25) is 9.82 Å². The van der Waals surface area contributed by atoms with Gasteiger partial charge < -0.3 is 5.32 Å². The molecule has 1 saturated carbocycles. The van der Waals surface area contributed by atoms with Crippen molar-refractivity contribution in [2.75, 3.05) is 4.72 Å². The Labute approximate surface area is 124 Å². The minimum atomic E-state index is -3.64. The monoisotopic (exact) mass is 306 g/mol. The maximum Gasteiger partial charge on any atom is 0.265 e. The van der Waals surface area contributed by atoms with Crippen LogP contribution in [0.15, 0.2) is 35.2 Å². The summed E-state index contributed by atoms with van der Waals surface area (Å²) < 4.78 is 27.7. The summed E-state index contributed by atoms with van der Waals surface area (Å²) in [4.78, 5) is 0.236. The zero-order chi connectivity index (χ0) is 14.9. The molecular formula is C14H18N4O2S. The van der Waals surface area contributed by atoms with Crippen LogP contribution in [0.1, 0.15) is 24.2 Å². The van der Waals surface area contributed by atoms with Crippen LogP contribution in [0.4, 0.5) is 5.69 Å². The topological polar surface area (TPSA) is 86.9 Å². The number of para-hydroxylation sites is 1. The molecule has 0 saturated heterocycles. The highest BCUT2D eigenvalue weighted by atomic mass is 32.2. The normalized spacial score (nSPS) is 15.1. The highest BCUT2D eigenvalue weighted by Gasteiger charge is 2.26. The summed E-state index contributed by atoms with van der Waals surface area (Å²) in [5.74, 6) is 0. The molecule has 1 aliphatic rings. The molecule has 0 amide bonds. The van der Waals surface area contributed by atoms with E-state index in [0.717, 1.165) is 12.8 Å². The molecular weight excluding hydrogens is 288 g/mol. The molecule has 112 valence electrons. The lowest BCUT2D eigenvalue weighted by atomic mass is 10.3. The van der Waals surface area contributed by atoms with Gasteiger partial charge in [-0.2, -0.15) is 5.10 Å². The maximum atomic E-state index is 12.6. The molecule has 0 unspecified atom stereocenters. The minimum absolute atomic E-state index is 0.236. The van der Waals surface area contributed by atoms with Crippen molar-refractivity contribution in [3.8, 4) is 0 Å². The fourth-order valence-corrected chi connectivity index (χ4v) is 3.61. The number of nitrogens with zero attached hydrogens (tertiary/aromatic N) is 1. The van der Waals surface area contributed by atoms with Crippen molar-refractivity contribution in [3.05, 3.63) is 41.7 Å². The predicted molar refractivity (Wildman–Crippen MR) is 80.4 cm³/mol. The minimum Gasteiger partial charge on any atom is -0.308 e. The summed E-state index contributed by atoms with van der Waals surface area (Å²) in [6.45, 7) is 2.17. The van der Waals surface area contributed by atoms with Gasteiger partial charge >= 0.3 is 0 Å². The number of rotatable bonds is 6. The Hall–Kier alpha value is -1.86. The van der Waals surface area contributed by atoms with E-state index in [1.54, 1.807) is 31.2 Å². The molecule has 1 aromatic heterocycles. The van der Waals surface area contributed by atoms with Crippen LogP contribution in [-0.2, 0) is 16.6 Å². The molecule has 1 fully saturated rings. The van der Waals surface area contributed by atoms with Crippen molar-refractivity contribution in [2.24, 2.45) is 0 Å². The van der Waals surface area contributed by atoms with E-state index in [1.165, 1.54) is 0 Å². The van der Waals surface area contributed by atoms with E-state index in [1.807, 2.05) is 6.07 Å². The van der Waals surface area contributed by atoms with Crippen LogP contribution in [0.3, 0.4) is 0 Å². The third-order valence-electron chi connectivity index (χ3n) is 3.39. The fourth-order valence-electron chi connectivity index (χ4n) is 2.19. The lowest BCUT2D eigenvalue weighted by Crippen LogP contribution is -2.20. The number of benzene rings is 1. The Morgan fingerprint density at radius 2 is 2.00 bits per heavy atom. The Kier molecular flexibility index (Phi) is 3.69. The smallest absolute Gasteiger partial charge is 0.265 e. The predicted octanol–water partition coefficient (Wildman–Crippen LogP) is 1.77. The largest absolute Gasteiger partial charge is 0.308 e. The molecule has 3 N–H and O–H groups in total. The van der Waals surface area contributed by atoms with Gasteiger partial charge in [-0.25, -0.2) is 8.42 Å². The maximum absolute atomic E-state index is 12.6. The number of anilines is 1. The van der Waals surface area contributed by atoms with Crippen molar-refractivity contribution < 1.29 is 8.42 Å². The molecule has 0 bridgehead atoms. The van der Waals surface area contributed by atoms with Crippen molar-refractivity contribution >= 4 is 15.7 Å². The molecule has 3 rings (SSSR count). The second-order valence-corrected chi connectivity index (χ2v) is 6.87. The number of nitrogens with one attached hydrogen (secondary N) is 3. The highest BCUT2D eigenvalue weighted by Crippen LogP contribution is 2.23. The number of aromatic amines is 1. The van der Waals surface area contributed by atoms with Crippen molar-refractivity contribution in [1.29, 1.82) is 0 Å². The molecule has 0 atom stereocenters. The lowest BCUT2D eigenvalue weighted by molar-refractivity contribution is 0.596. The Morgan fingerprint density at radius 1 is 1.29 bits per heavy atom. The molecule has 2 aromatic rings. The van der Waals surface area contributed by atoms with Gasteiger partial charge in [0.25, 0.3) is 10.0 Å². The van der Waals surface area contributed by atoms with E-state index in [4.69, 9.17) is 0 Å². The third-order valence-corrected chi connectivity index (χ3v) is 4.98. The molecule has 7 heteroatoms. The number of aryl methyl sites for hydroxylation is 1. The standard InChI is InChI=1S/C14H18N4O2S/c1-10-14(13(17-16-10)9-15-11-7-8-11)21(19,20)18-12-5-3-2-4-6-12/h2-6,11,15,18H,7-9H2,1H3,(H,16,17). The van der Waals surface area contributed by atoms with Gasteiger partial charge in [-0.15, -0.1) is 0 Å². The quantitative estimate of drug-likeness (QED) is 0.759. The average molecular weight is 306 g/mol. The van der Waals surface area contributed by atoms with E-state index in [9.17, 15) is 8.42 Å². The second kappa shape index (κ2) is 5.50. The highest BCUT2D eigenvalue weighted by molar-refractivity contribution is 7.92. The van der Waals surface area contributed by atoms with Crippen LogP contribution < -0.4 is 10.0 Å². The lowest BCUT2D eigenvalue weighted by Gasteiger charge is -2.09. The van der Waals surface area contributed by atoms with Gasteiger partial charge in [0, 0.05) is 18.3 Å². The fraction of sp³-hybridized carbons (Fsp3) is 0.357. The van der Waals surface area contributed by atoms with Crippen LogP contribution in [0.2, 0.25) is 0 Å². The first kappa shape index (κ1) is 14.1. The Morgan fingerprint density at radius 3 is 2.67 bits per heavy atom. The number of H-pyrrole nitrogens is 1. The molecule has 6 nitrogen and oxygen atoms in total. The zero-order valence-corrected chi connectivity index (χ0v) is 12.6. The molecule has 0 aliphatic heterocycles. The van der Waals surface area contributed by atoms with Gasteiger partial charge in [0.15, 0.2) is 0 Å². The summed E-state index contributed by atoms with van der Waals surface area (Å²) in [5.41, 5.74) is 1.62. The summed E-state index contributed by atoms with van der Waals surface area (Å²) in [6, 6.07) is 9.35. The first-order valence-corrected chi connectivity index (χ1v) is 8.39. The number of aromatic nitrogens is 2. The zero-order valence-electron chi connectivity index (χ0n) is 11.8. The summed E-state index contributed by atoms with van der Waals surface area (Å²) >= 11 is 0. The first-order valence-electron chi connectivity index (χ1n) is 6.91. The number of hydrogen-bond acceptors (Lipinski definition) is 4.